The highest BCUT2D eigenvalue weighted by molar-refractivity contribution is 6.03. The molecule has 2 aliphatic heterocycles. The van der Waals surface area contributed by atoms with E-state index in [1.165, 1.54) is 0 Å². The smallest absolute Gasteiger partial charge is 0.338 e. The van der Waals surface area contributed by atoms with Gasteiger partial charge in [-0.2, -0.15) is 0 Å². The average Bonchev–Trinajstić information content (AvgIpc) is 3.74. The largest absolute Gasteiger partial charge is 0.481 e. The van der Waals surface area contributed by atoms with Crippen LogP contribution in [0, 0.1) is 13.8 Å². The Labute approximate surface area is 298 Å². The van der Waals surface area contributed by atoms with Crippen molar-refractivity contribution >= 4 is 63.0 Å². The summed E-state index contributed by atoms with van der Waals surface area (Å²) in [7, 11) is 0. The number of hydrogen-bond donors (Lipinski definition) is 7. The van der Waals surface area contributed by atoms with Crippen molar-refractivity contribution in [3.8, 4) is 0 Å². The van der Waals surface area contributed by atoms with Gasteiger partial charge in [-0.3, -0.25) is 19.4 Å². The number of carboxylic acid groups (broad SMARTS) is 4. The third-order valence-electron chi connectivity index (χ3n) is 9.97. The summed E-state index contributed by atoms with van der Waals surface area (Å²) in [5, 5.41) is 41.4. The lowest BCUT2D eigenvalue weighted by molar-refractivity contribution is -0.147. The minimum atomic E-state index is -1.76. The van der Waals surface area contributed by atoms with Crippen molar-refractivity contribution < 1.29 is 44.4 Å². The summed E-state index contributed by atoms with van der Waals surface area (Å²) in [5.41, 5.74) is 8.00. The molecule has 0 saturated carbocycles. The number of fused-ring (bicyclic) bond motifs is 8. The number of aryl methyl sites for hydroxylation is 3. The summed E-state index contributed by atoms with van der Waals surface area (Å²) < 4.78 is 0. The average molecular weight is 712 g/mol. The Morgan fingerprint density at radius 3 is 2.19 bits per heavy atom. The monoisotopic (exact) mass is 711 g/mol. The molecule has 0 radical (unpaired) electrons. The van der Waals surface area contributed by atoms with Gasteiger partial charge >= 0.3 is 23.9 Å². The van der Waals surface area contributed by atoms with Gasteiger partial charge in [0, 0.05) is 51.6 Å². The van der Waals surface area contributed by atoms with Crippen molar-refractivity contribution in [2.75, 3.05) is 0 Å². The van der Waals surface area contributed by atoms with Crippen LogP contribution < -0.4 is 5.32 Å². The van der Waals surface area contributed by atoms with Crippen LogP contribution in [0.25, 0.3) is 33.2 Å². The Bertz CT molecular complexity index is 2240. The molecule has 1 unspecified atom stereocenters. The second-order valence-corrected chi connectivity index (χ2v) is 13.1. The number of nitrogens with zero attached hydrogens (tertiary/aromatic N) is 2. The molecule has 3 aromatic heterocycles. The second kappa shape index (κ2) is 14.7. The topological polar surface area (TPSA) is 236 Å². The van der Waals surface area contributed by atoms with Crippen LogP contribution in [0.5, 0.6) is 0 Å². The number of aromatic nitrogens is 4. The van der Waals surface area contributed by atoms with Gasteiger partial charge in [0.25, 0.3) is 0 Å². The normalized spacial score (nSPS) is 16.0. The second-order valence-electron chi connectivity index (χ2n) is 13.1. The molecular formula is C38H41N5O9. The third kappa shape index (κ3) is 7.09. The molecule has 14 nitrogen and oxygen atoms in total. The number of hydrogen-bond acceptors (Lipinski definition) is 7. The quantitative estimate of drug-likeness (QED) is 0.121. The minimum absolute atomic E-state index is 0.0445. The van der Waals surface area contributed by atoms with E-state index in [1.54, 1.807) is 25.1 Å². The molecule has 7 N–H and O–H groups in total. The molecule has 14 heteroatoms. The number of nitrogens with one attached hydrogen (secondary N) is 3. The zero-order valence-corrected chi connectivity index (χ0v) is 29.5. The molecule has 2 aliphatic rings. The lowest BCUT2D eigenvalue weighted by atomic mass is 9.85. The number of rotatable bonds is 12. The number of H-pyrrole nitrogens is 2. The van der Waals surface area contributed by atoms with E-state index in [2.05, 4.69) is 21.9 Å². The maximum atomic E-state index is 13.6. The van der Waals surface area contributed by atoms with Crippen LogP contribution >= 0.6 is 0 Å². The van der Waals surface area contributed by atoms with E-state index in [1.807, 2.05) is 33.8 Å². The maximum Gasteiger partial charge on any atom is 0.338 e. The van der Waals surface area contributed by atoms with Crippen LogP contribution in [0.3, 0.4) is 0 Å². The first-order valence-corrected chi connectivity index (χ1v) is 16.8. The standard InChI is InChI=1S/C38H41N5O9/c1-7-20-16(3)24-12-26-18(5)22(9-10-32(45)46)35(42-26)23(11-31(44)41-30(37(49)50)15-33(47)48)36-34(38(51)52)19(6)27(43-36)14-29-21(8-2)17(4)25(40-29)13-28(20)39-24/h7,12-14,18,22,30,40,43H,1,8-11,15H2,2-6H3,(H,41,44)(H,45,46)(H,47,48)(H,49,50)(H,51,52)/t18?,22-,30-/m0/s1. The van der Waals surface area contributed by atoms with Gasteiger partial charge in [-0.1, -0.05) is 26.5 Å². The molecule has 8 bridgehead atoms. The molecule has 0 spiro atoms. The molecule has 0 fully saturated rings. The molecule has 5 rings (SSSR count). The van der Waals surface area contributed by atoms with E-state index in [4.69, 9.17) is 9.97 Å². The Balaban J connectivity index is 1.96. The summed E-state index contributed by atoms with van der Waals surface area (Å²) in [6.45, 7) is 13.4. The molecule has 3 aromatic rings. The van der Waals surface area contributed by atoms with Crippen LogP contribution in [0.2, 0.25) is 0 Å². The van der Waals surface area contributed by atoms with Gasteiger partial charge in [0.1, 0.15) is 6.04 Å². The number of aliphatic carboxylic acids is 3. The van der Waals surface area contributed by atoms with E-state index < -0.39 is 60.5 Å². The highest BCUT2D eigenvalue weighted by Gasteiger charge is 2.34. The Hall–Kier alpha value is -6.05. The number of allylic oxidation sites excluding steroid dienone is 3. The molecule has 0 aliphatic carbocycles. The molecule has 52 heavy (non-hydrogen) atoms. The summed E-state index contributed by atoms with van der Waals surface area (Å²) >= 11 is 0. The Morgan fingerprint density at radius 1 is 0.904 bits per heavy atom. The van der Waals surface area contributed by atoms with Gasteiger partial charge in [0.15, 0.2) is 0 Å². The summed E-state index contributed by atoms with van der Waals surface area (Å²) in [6.07, 6.45) is 0.734. The van der Waals surface area contributed by atoms with Crippen LogP contribution in [-0.2, 0) is 32.0 Å². The predicted octanol–water partition coefficient (Wildman–Crippen LogP) is 5.65. The van der Waals surface area contributed by atoms with Gasteiger partial charge in [-0.15, -0.1) is 0 Å². The summed E-state index contributed by atoms with van der Waals surface area (Å²) in [5.74, 6) is -7.27. The van der Waals surface area contributed by atoms with Crippen molar-refractivity contribution in [3.63, 3.8) is 0 Å². The lowest BCUT2D eigenvalue weighted by Crippen LogP contribution is -2.43. The third-order valence-corrected chi connectivity index (χ3v) is 9.97. The highest BCUT2D eigenvalue weighted by atomic mass is 16.4. The van der Waals surface area contributed by atoms with Crippen LogP contribution in [0.1, 0.15) is 107 Å². The van der Waals surface area contributed by atoms with Crippen molar-refractivity contribution in [3.05, 3.63) is 81.4 Å². The Kier molecular flexibility index (Phi) is 10.5. The van der Waals surface area contributed by atoms with Crippen molar-refractivity contribution in [1.29, 1.82) is 0 Å². The fourth-order valence-electron chi connectivity index (χ4n) is 7.16. The van der Waals surface area contributed by atoms with Gasteiger partial charge < -0.3 is 35.7 Å². The first-order chi connectivity index (χ1) is 24.6. The van der Waals surface area contributed by atoms with E-state index in [-0.39, 0.29) is 35.2 Å². The number of aromatic amines is 2. The van der Waals surface area contributed by atoms with E-state index in [0.717, 1.165) is 33.3 Å². The van der Waals surface area contributed by atoms with Gasteiger partial charge in [-0.25, -0.2) is 14.6 Å². The molecule has 1 amide bonds. The molecule has 3 atom stereocenters. The van der Waals surface area contributed by atoms with Gasteiger partial charge in [0.05, 0.1) is 41.0 Å². The van der Waals surface area contributed by atoms with Gasteiger partial charge in [0.2, 0.25) is 5.91 Å². The first kappa shape index (κ1) is 37.2. The number of carbonyl (C=O) groups excluding carboxylic acids is 1. The SMILES string of the molecule is C=CC1=C(C)c2cc3nc(c(CC(=O)N[C@@H](CC(=O)O)C(=O)O)c4[nH]c(cc5[nH]c(cc1n2)c(C)c5CC)c(C)c4C(=O)O)[C@@H](CCC(=O)O)C3C. The number of amides is 1. The minimum Gasteiger partial charge on any atom is -0.481 e. The maximum absolute atomic E-state index is 13.6. The zero-order chi connectivity index (χ0) is 38.2. The zero-order valence-electron chi connectivity index (χ0n) is 29.5. The highest BCUT2D eigenvalue weighted by Crippen LogP contribution is 2.43. The fourth-order valence-corrected chi connectivity index (χ4v) is 7.16. The van der Waals surface area contributed by atoms with Crippen LogP contribution in [0.15, 0.2) is 30.9 Å². The van der Waals surface area contributed by atoms with Crippen molar-refractivity contribution in [2.24, 2.45) is 0 Å². The predicted molar refractivity (Wildman–Crippen MR) is 193 cm³/mol. The van der Waals surface area contributed by atoms with Crippen molar-refractivity contribution in [1.82, 2.24) is 25.3 Å². The van der Waals surface area contributed by atoms with Crippen LogP contribution in [-0.4, -0.2) is 76.2 Å². The molecule has 0 aromatic carbocycles. The van der Waals surface area contributed by atoms with E-state index in [0.29, 0.717) is 34.6 Å². The molecular weight excluding hydrogens is 670 g/mol. The summed E-state index contributed by atoms with van der Waals surface area (Å²) in [4.78, 5) is 78.3. The molecule has 272 valence electrons. The molecule has 5 heterocycles. The summed E-state index contributed by atoms with van der Waals surface area (Å²) in [6, 6.07) is 3.77. The molecule has 0 saturated heterocycles. The number of aromatic carboxylic acids is 1. The van der Waals surface area contributed by atoms with Crippen LogP contribution in [0.4, 0.5) is 0 Å². The van der Waals surface area contributed by atoms with E-state index >= 15 is 0 Å². The van der Waals surface area contributed by atoms with Crippen molar-refractivity contribution in [2.45, 2.75) is 84.6 Å². The Morgan fingerprint density at radius 2 is 1.60 bits per heavy atom. The van der Waals surface area contributed by atoms with E-state index in [9.17, 15) is 44.4 Å². The number of carbonyl (C=O) groups is 5. The number of carboxylic acids is 4. The fraction of sp³-hybridized carbons (Fsp3) is 0.342. The first-order valence-electron chi connectivity index (χ1n) is 16.8. The lowest BCUT2D eigenvalue weighted by Gasteiger charge is -2.18. The van der Waals surface area contributed by atoms with Gasteiger partial charge in [-0.05, 0) is 74.1 Å².